The first-order valence-electron chi connectivity index (χ1n) is 10.6. The minimum atomic E-state index is -1.42. The maximum absolute atomic E-state index is 11.4. The van der Waals surface area contributed by atoms with Crippen LogP contribution >= 0.6 is 0 Å². The molecule has 1 unspecified atom stereocenters. The van der Waals surface area contributed by atoms with Crippen molar-refractivity contribution in [1.29, 1.82) is 0 Å². The van der Waals surface area contributed by atoms with E-state index in [1.54, 1.807) is 20.3 Å². The predicted octanol–water partition coefficient (Wildman–Crippen LogP) is 4.13. The van der Waals surface area contributed by atoms with Crippen molar-refractivity contribution in [3.8, 4) is 0 Å². The average Bonchev–Trinajstić information content (AvgIpc) is 3.26. The molecule has 2 N–H and O–H groups in total. The third-order valence-corrected chi connectivity index (χ3v) is 5.12. The van der Waals surface area contributed by atoms with Crippen LogP contribution < -0.4 is 10.6 Å². The molecule has 0 saturated heterocycles. The standard InChI is InChI=1S/C22H26N6O6/c1-33-11-4-9-23-17-7-8-19(22-16(17)5-3-6-18(22)24-10-12-34-2)25-26-20-13-15(27(29)30)14-21(20)28(31)32/h3,5-8,13-14,21,23-24H,4,9-12H2,1-2H3. The molecule has 3 rings (SSSR count). The molecular weight excluding hydrogens is 444 g/mol. The lowest BCUT2D eigenvalue weighted by molar-refractivity contribution is -0.500. The molecule has 0 spiro atoms. The highest BCUT2D eigenvalue weighted by atomic mass is 16.6. The largest absolute Gasteiger partial charge is 0.385 e. The molecule has 180 valence electrons. The Kier molecular flexibility index (Phi) is 8.60. The van der Waals surface area contributed by atoms with Crippen molar-refractivity contribution in [2.24, 2.45) is 10.2 Å². The Labute approximate surface area is 195 Å². The Balaban J connectivity index is 2.00. The van der Waals surface area contributed by atoms with E-state index in [-0.39, 0.29) is 11.4 Å². The van der Waals surface area contributed by atoms with Crippen molar-refractivity contribution in [2.75, 3.05) is 51.2 Å². The molecule has 2 aromatic carbocycles. The monoisotopic (exact) mass is 470 g/mol. The van der Waals surface area contributed by atoms with Crippen molar-refractivity contribution in [3.05, 3.63) is 74.1 Å². The minimum absolute atomic E-state index is 0.101. The van der Waals surface area contributed by atoms with E-state index >= 15 is 0 Å². The lowest BCUT2D eigenvalue weighted by atomic mass is 10.0. The summed E-state index contributed by atoms with van der Waals surface area (Å²) in [5.74, 6) is 0. The van der Waals surface area contributed by atoms with E-state index < -0.39 is 15.9 Å². The second kappa shape index (κ2) is 11.8. The van der Waals surface area contributed by atoms with E-state index in [4.69, 9.17) is 9.47 Å². The topological polar surface area (TPSA) is 154 Å². The number of rotatable bonds is 13. The van der Waals surface area contributed by atoms with Crippen molar-refractivity contribution in [1.82, 2.24) is 0 Å². The van der Waals surface area contributed by atoms with Gasteiger partial charge in [0.2, 0.25) is 0 Å². The van der Waals surface area contributed by atoms with Gasteiger partial charge in [0.25, 0.3) is 11.7 Å². The summed E-state index contributed by atoms with van der Waals surface area (Å²) in [6.07, 6.45) is 2.85. The Morgan fingerprint density at radius 3 is 2.44 bits per heavy atom. The molecule has 1 atom stereocenters. The van der Waals surface area contributed by atoms with Crippen LogP contribution in [0.5, 0.6) is 0 Å². The van der Waals surface area contributed by atoms with Gasteiger partial charge >= 0.3 is 0 Å². The Bertz CT molecular complexity index is 1150. The van der Waals surface area contributed by atoms with Gasteiger partial charge in [0, 0.05) is 67.1 Å². The summed E-state index contributed by atoms with van der Waals surface area (Å²) in [4.78, 5) is 21.1. The van der Waals surface area contributed by atoms with E-state index in [2.05, 4.69) is 20.9 Å². The van der Waals surface area contributed by atoms with Crippen LogP contribution in [-0.4, -0.2) is 56.4 Å². The summed E-state index contributed by atoms with van der Waals surface area (Å²) in [6, 6.07) is 7.94. The molecule has 0 aliphatic heterocycles. The van der Waals surface area contributed by atoms with Crippen LogP contribution in [0.25, 0.3) is 10.8 Å². The molecule has 0 heterocycles. The second-order valence-corrected chi connectivity index (χ2v) is 7.40. The van der Waals surface area contributed by atoms with Gasteiger partial charge < -0.3 is 20.1 Å². The van der Waals surface area contributed by atoms with E-state index in [0.717, 1.165) is 40.7 Å². The molecule has 0 amide bonds. The smallest absolute Gasteiger partial charge is 0.281 e. The highest BCUT2D eigenvalue weighted by molar-refractivity contribution is 6.08. The number of hydrogen-bond donors (Lipinski definition) is 2. The van der Waals surface area contributed by atoms with Crippen molar-refractivity contribution >= 4 is 27.8 Å². The lowest BCUT2D eigenvalue weighted by Crippen LogP contribution is -2.16. The number of nitrogens with one attached hydrogen (secondary N) is 2. The first-order chi connectivity index (χ1) is 16.5. The fraction of sp³-hybridized carbons (Fsp3) is 0.364. The molecule has 12 nitrogen and oxygen atoms in total. The second-order valence-electron chi connectivity index (χ2n) is 7.40. The number of fused-ring (bicyclic) bond motifs is 1. The van der Waals surface area contributed by atoms with Gasteiger partial charge in [-0.3, -0.25) is 20.2 Å². The number of benzene rings is 2. The molecule has 12 heteroatoms. The first kappa shape index (κ1) is 24.7. The predicted molar refractivity (Wildman–Crippen MR) is 128 cm³/mol. The van der Waals surface area contributed by atoms with E-state index in [9.17, 15) is 20.2 Å². The minimum Gasteiger partial charge on any atom is -0.385 e. The van der Waals surface area contributed by atoms with Crippen LogP contribution in [0.1, 0.15) is 6.42 Å². The Hall–Kier alpha value is -3.90. The number of ether oxygens (including phenoxy) is 2. The summed E-state index contributed by atoms with van der Waals surface area (Å²) < 4.78 is 10.2. The van der Waals surface area contributed by atoms with Crippen molar-refractivity contribution < 1.29 is 19.3 Å². The molecule has 1 aliphatic carbocycles. The number of nitro groups is 2. The fourth-order valence-electron chi connectivity index (χ4n) is 3.51. The van der Waals surface area contributed by atoms with Gasteiger partial charge in [-0.2, -0.15) is 0 Å². The zero-order valence-electron chi connectivity index (χ0n) is 18.9. The number of hydrogen-bond acceptors (Lipinski definition) is 10. The third kappa shape index (κ3) is 5.91. The maximum atomic E-state index is 11.4. The van der Waals surface area contributed by atoms with Crippen molar-refractivity contribution in [2.45, 2.75) is 12.5 Å². The molecule has 0 saturated carbocycles. The molecule has 0 bridgehead atoms. The van der Waals surface area contributed by atoms with Crippen LogP contribution in [0.3, 0.4) is 0 Å². The zero-order valence-corrected chi connectivity index (χ0v) is 18.9. The van der Waals surface area contributed by atoms with Crippen LogP contribution in [0.15, 0.2) is 64.1 Å². The lowest BCUT2D eigenvalue weighted by Gasteiger charge is -2.15. The van der Waals surface area contributed by atoms with Gasteiger partial charge in [0.1, 0.15) is 5.70 Å². The number of nitrogens with zero attached hydrogens (tertiary/aromatic N) is 4. The van der Waals surface area contributed by atoms with Crippen LogP contribution in [-0.2, 0) is 9.47 Å². The SMILES string of the molecule is COCCCNc1ccc(N=NC2=CC([N+](=O)[O-])=CC2[N+](=O)[O-])c2c(NCCOC)cccc12. The first-order valence-corrected chi connectivity index (χ1v) is 10.6. The maximum Gasteiger partial charge on any atom is 0.281 e. The van der Waals surface area contributed by atoms with Gasteiger partial charge in [0.05, 0.1) is 23.3 Å². The summed E-state index contributed by atoms with van der Waals surface area (Å²) in [5, 5.41) is 39.1. The number of allylic oxidation sites excluding steroid dienone is 1. The van der Waals surface area contributed by atoms with E-state index in [1.807, 2.05) is 24.3 Å². The van der Waals surface area contributed by atoms with Gasteiger partial charge in [-0.15, -0.1) is 10.2 Å². The summed E-state index contributed by atoms with van der Waals surface area (Å²) in [7, 11) is 3.27. The quantitative estimate of drug-likeness (QED) is 0.192. The molecule has 2 aromatic rings. The van der Waals surface area contributed by atoms with Gasteiger partial charge in [-0.25, -0.2) is 0 Å². The summed E-state index contributed by atoms with van der Waals surface area (Å²) in [6.45, 7) is 2.39. The zero-order chi connectivity index (χ0) is 24.5. The molecular formula is C22H26N6O6. The van der Waals surface area contributed by atoms with Gasteiger partial charge in [-0.05, 0) is 24.6 Å². The number of methoxy groups -OCH3 is 2. The Morgan fingerprint density at radius 2 is 1.74 bits per heavy atom. The van der Waals surface area contributed by atoms with Gasteiger partial charge in [0.15, 0.2) is 0 Å². The Morgan fingerprint density at radius 1 is 0.971 bits per heavy atom. The van der Waals surface area contributed by atoms with Crippen molar-refractivity contribution in [3.63, 3.8) is 0 Å². The summed E-state index contributed by atoms with van der Waals surface area (Å²) >= 11 is 0. The van der Waals surface area contributed by atoms with Gasteiger partial charge in [-0.1, -0.05) is 12.1 Å². The molecule has 0 radical (unpaired) electrons. The number of azo groups is 1. The fourth-order valence-corrected chi connectivity index (χ4v) is 3.51. The highest BCUT2D eigenvalue weighted by Gasteiger charge is 2.34. The van der Waals surface area contributed by atoms with Crippen LogP contribution in [0, 0.1) is 20.2 Å². The third-order valence-electron chi connectivity index (χ3n) is 5.12. The average molecular weight is 470 g/mol. The van der Waals surface area contributed by atoms with E-state index in [0.29, 0.717) is 32.0 Å². The van der Waals surface area contributed by atoms with E-state index in [1.165, 1.54) is 0 Å². The van der Waals surface area contributed by atoms with Crippen LogP contribution in [0.4, 0.5) is 17.1 Å². The molecule has 0 aromatic heterocycles. The molecule has 34 heavy (non-hydrogen) atoms. The number of anilines is 2. The highest BCUT2D eigenvalue weighted by Crippen LogP contribution is 2.38. The molecule has 0 fully saturated rings. The van der Waals surface area contributed by atoms with Crippen LogP contribution in [0.2, 0.25) is 0 Å². The summed E-state index contributed by atoms with van der Waals surface area (Å²) in [5.41, 5.74) is 1.67. The molecule has 1 aliphatic rings. The normalized spacial score (nSPS) is 15.4.